The monoisotopic (exact) mass is 403 g/mol. The molecule has 1 aliphatic rings. The highest BCUT2D eigenvalue weighted by Gasteiger charge is 2.25. The largest absolute Gasteiger partial charge is 0.450 e. The number of ether oxygens (including phenoxy) is 1. The number of hydrogen-bond acceptors (Lipinski definition) is 6. The molecule has 0 saturated carbocycles. The molecule has 1 saturated heterocycles. The summed E-state index contributed by atoms with van der Waals surface area (Å²) in [7, 11) is 0. The number of alkyl carbamates (subject to hydrolysis) is 1. The third kappa shape index (κ3) is 4.72. The van der Waals surface area contributed by atoms with Crippen molar-refractivity contribution in [3.63, 3.8) is 0 Å². The summed E-state index contributed by atoms with van der Waals surface area (Å²) < 4.78 is 4.95. The maximum absolute atomic E-state index is 11.7. The van der Waals surface area contributed by atoms with E-state index in [0.29, 0.717) is 36.5 Å². The van der Waals surface area contributed by atoms with Crippen molar-refractivity contribution < 1.29 is 9.53 Å². The fourth-order valence-electron chi connectivity index (χ4n) is 3.23. The molecule has 8 heteroatoms. The Morgan fingerprint density at radius 2 is 2.29 bits per heavy atom. The minimum atomic E-state index is -0.455. The number of hydrogen-bond donors (Lipinski definition) is 2. The minimum Gasteiger partial charge on any atom is -0.450 e. The zero-order valence-electron chi connectivity index (χ0n) is 16.2. The van der Waals surface area contributed by atoms with Crippen LogP contribution in [-0.4, -0.2) is 42.3 Å². The van der Waals surface area contributed by atoms with Gasteiger partial charge in [0, 0.05) is 35.4 Å². The molecule has 150 valence electrons. The summed E-state index contributed by atoms with van der Waals surface area (Å²) in [6.07, 6.45) is 2.33. The maximum Gasteiger partial charge on any atom is 0.407 e. The van der Waals surface area contributed by atoms with Crippen molar-refractivity contribution in [2.45, 2.75) is 26.8 Å². The molecule has 0 bridgehead atoms. The van der Waals surface area contributed by atoms with E-state index in [1.165, 1.54) is 0 Å². The average molecular weight is 404 g/mol. The van der Waals surface area contributed by atoms with Crippen LogP contribution in [0, 0.1) is 12.8 Å². The van der Waals surface area contributed by atoms with E-state index in [1.54, 1.807) is 13.1 Å². The SMILES string of the molecule is CCOC(=O)NCc1cnc(-c2ccc(C)c(Cl)c2)nc1N1CCC(CN)C1. The van der Waals surface area contributed by atoms with Gasteiger partial charge >= 0.3 is 6.09 Å². The second kappa shape index (κ2) is 9.21. The number of aromatic nitrogens is 2. The Morgan fingerprint density at radius 1 is 1.46 bits per heavy atom. The highest BCUT2D eigenvalue weighted by molar-refractivity contribution is 6.31. The molecule has 0 aliphatic carbocycles. The van der Waals surface area contributed by atoms with Gasteiger partial charge in [-0.3, -0.25) is 0 Å². The molecule has 1 unspecified atom stereocenters. The molecule has 7 nitrogen and oxygen atoms in total. The van der Waals surface area contributed by atoms with Gasteiger partial charge in [0.15, 0.2) is 5.82 Å². The van der Waals surface area contributed by atoms with E-state index in [4.69, 9.17) is 27.1 Å². The molecule has 2 aromatic rings. The Bertz CT molecular complexity index is 845. The van der Waals surface area contributed by atoms with Gasteiger partial charge in [-0.2, -0.15) is 0 Å². The first-order valence-electron chi connectivity index (χ1n) is 9.49. The van der Waals surface area contributed by atoms with E-state index in [9.17, 15) is 4.79 Å². The maximum atomic E-state index is 11.7. The van der Waals surface area contributed by atoms with Gasteiger partial charge in [-0.25, -0.2) is 14.8 Å². The Morgan fingerprint density at radius 3 is 2.96 bits per heavy atom. The van der Waals surface area contributed by atoms with E-state index < -0.39 is 6.09 Å². The fourth-order valence-corrected chi connectivity index (χ4v) is 3.41. The Hall–Kier alpha value is -2.38. The number of benzene rings is 1. The number of amides is 1. The third-order valence-corrected chi connectivity index (χ3v) is 5.30. The second-order valence-electron chi connectivity index (χ2n) is 6.92. The highest BCUT2D eigenvalue weighted by atomic mass is 35.5. The third-order valence-electron chi connectivity index (χ3n) is 4.89. The molecule has 1 atom stereocenters. The van der Waals surface area contributed by atoms with Crippen LogP contribution in [0.2, 0.25) is 5.02 Å². The number of anilines is 1. The summed E-state index contributed by atoms with van der Waals surface area (Å²) in [5.41, 5.74) is 8.55. The minimum absolute atomic E-state index is 0.299. The molecule has 1 aromatic heterocycles. The van der Waals surface area contributed by atoms with Crippen molar-refractivity contribution in [3.05, 3.63) is 40.5 Å². The lowest BCUT2D eigenvalue weighted by molar-refractivity contribution is 0.151. The first-order chi connectivity index (χ1) is 13.5. The number of carbonyl (C=O) groups is 1. The molecule has 28 heavy (non-hydrogen) atoms. The molecule has 0 spiro atoms. The fraction of sp³-hybridized carbons (Fsp3) is 0.450. The number of nitrogens with one attached hydrogen (secondary N) is 1. The van der Waals surface area contributed by atoms with E-state index >= 15 is 0 Å². The Balaban J connectivity index is 1.90. The lowest BCUT2D eigenvalue weighted by Gasteiger charge is -2.21. The zero-order chi connectivity index (χ0) is 20.1. The summed E-state index contributed by atoms with van der Waals surface area (Å²) in [4.78, 5) is 23.2. The molecular formula is C20H26ClN5O2. The van der Waals surface area contributed by atoms with Gasteiger partial charge in [-0.1, -0.05) is 23.7 Å². The number of nitrogens with zero attached hydrogens (tertiary/aromatic N) is 3. The van der Waals surface area contributed by atoms with E-state index in [1.807, 2.05) is 25.1 Å². The normalized spacial score (nSPS) is 16.3. The summed E-state index contributed by atoms with van der Waals surface area (Å²) in [5.74, 6) is 1.86. The van der Waals surface area contributed by atoms with Crippen molar-refractivity contribution in [1.29, 1.82) is 0 Å². The number of halogens is 1. The molecular weight excluding hydrogens is 378 g/mol. The summed E-state index contributed by atoms with van der Waals surface area (Å²) in [5, 5.41) is 3.43. The lowest BCUT2D eigenvalue weighted by atomic mass is 10.1. The molecule has 1 aliphatic heterocycles. The van der Waals surface area contributed by atoms with Gasteiger partial charge in [-0.15, -0.1) is 0 Å². The molecule has 1 amide bonds. The van der Waals surface area contributed by atoms with Crippen LogP contribution in [0.1, 0.15) is 24.5 Å². The van der Waals surface area contributed by atoms with Crippen LogP contribution in [0.25, 0.3) is 11.4 Å². The van der Waals surface area contributed by atoms with Gasteiger partial charge in [0.1, 0.15) is 5.82 Å². The topological polar surface area (TPSA) is 93.4 Å². The number of aryl methyl sites for hydroxylation is 1. The molecule has 3 rings (SSSR count). The van der Waals surface area contributed by atoms with E-state index in [0.717, 1.165) is 42.0 Å². The van der Waals surface area contributed by atoms with Crippen LogP contribution >= 0.6 is 11.6 Å². The van der Waals surface area contributed by atoms with Crippen molar-refractivity contribution in [3.8, 4) is 11.4 Å². The van der Waals surface area contributed by atoms with Gasteiger partial charge in [0.2, 0.25) is 0 Å². The van der Waals surface area contributed by atoms with Crippen LogP contribution < -0.4 is 16.0 Å². The van der Waals surface area contributed by atoms with Gasteiger partial charge < -0.3 is 20.7 Å². The average Bonchev–Trinajstić information content (AvgIpc) is 3.18. The Labute approximate surface area is 170 Å². The van der Waals surface area contributed by atoms with E-state index in [-0.39, 0.29) is 0 Å². The quantitative estimate of drug-likeness (QED) is 0.769. The van der Waals surface area contributed by atoms with Crippen molar-refractivity contribution in [1.82, 2.24) is 15.3 Å². The molecule has 2 heterocycles. The predicted octanol–water partition coefficient (Wildman–Crippen LogP) is 3.14. The molecule has 1 aromatic carbocycles. The van der Waals surface area contributed by atoms with Gasteiger partial charge in [-0.05, 0) is 44.4 Å². The molecule has 0 radical (unpaired) electrons. The first-order valence-corrected chi connectivity index (χ1v) is 9.87. The Kier molecular flexibility index (Phi) is 6.70. The number of rotatable bonds is 6. The summed E-state index contributed by atoms with van der Waals surface area (Å²) in [6.45, 7) is 6.72. The van der Waals surface area contributed by atoms with Crippen LogP contribution in [0.15, 0.2) is 24.4 Å². The highest BCUT2D eigenvalue weighted by Crippen LogP contribution is 2.29. The van der Waals surface area contributed by atoms with E-state index in [2.05, 4.69) is 15.2 Å². The van der Waals surface area contributed by atoms with Crippen LogP contribution in [-0.2, 0) is 11.3 Å². The predicted molar refractivity (Wildman–Crippen MR) is 110 cm³/mol. The molecule has 3 N–H and O–H groups in total. The zero-order valence-corrected chi connectivity index (χ0v) is 17.0. The van der Waals surface area contributed by atoms with Crippen molar-refractivity contribution >= 4 is 23.5 Å². The lowest BCUT2D eigenvalue weighted by Crippen LogP contribution is -2.28. The number of carbonyl (C=O) groups excluding carboxylic acids is 1. The standard InChI is InChI=1S/C20H26ClN5O2/c1-3-28-20(27)24-11-16-10-23-18(15-5-4-13(2)17(21)8-15)25-19(16)26-7-6-14(9-22)12-26/h4-5,8,10,14H,3,6-7,9,11-12,22H2,1-2H3,(H,24,27). The van der Waals surface area contributed by atoms with Gasteiger partial charge in [0.05, 0.1) is 13.2 Å². The van der Waals surface area contributed by atoms with Crippen LogP contribution in [0.5, 0.6) is 0 Å². The van der Waals surface area contributed by atoms with Crippen molar-refractivity contribution in [2.24, 2.45) is 11.7 Å². The van der Waals surface area contributed by atoms with Crippen LogP contribution in [0.3, 0.4) is 0 Å². The summed E-state index contributed by atoms with van der Waals surface area (Å²) >= 11 is 6.27. The van der Waals surface area contributed by atoms with Crippen molar-refractivity contribution in [2.75, 3.05) is 31.1 Å². The van der Waals surface area contributed by atoms with Crippen LogP contribution in [0.4, 0.5) is 10.6 Å². The molecule has 1 fully saturated rings. The summed E-state index contributed by atoms with van der Waals surface area (Å²) in [6, 6.07) is 5.79. The number of nitrogens with two attached hydrogens (primary N) is 1. The smallest absolute Gasteiger partial charge is 0.407 e. The second-order valence-corrected chi connectivity index (χ2v) is 7.32. The first kappa shape index (κ1) is 20.4. The van der Waals surface area contributed by atoms with Gasteiger partial charge in [0.25, 0.3) is 0 Å².